The highest BCUT2D eigenvalue weighted by Crippen LogP contribution is 2.27. The number of amides is 2. The molecule has 3 rings (SSSR count). The van der Waals surface area contributed by atoms with Crippen LogP contribution in [0.4, 0.5) is 9.18 Å². The molecule has 2 aromatic rings. The van der Waals surface area contributed by atoms with Crippen molar-refractivity contribution in [2.24, 2.45) is 0 Å². The molecule has 1 saturated heterocycles. The second-order valence-electron chi connectivity index (χ2n) is 7.04. The Morgan fingerprint density at radius 3 is 2.66 bits per heavy atom. The number of nitrogens with zero attached hydrogens (tertiary/aromatic N) is 3. The molecule has 2 N–H and O–H groups in total. The number of nitrogens with one attached hydrogen (secondary N) is 2. The maximum Gasteiger partial charge on any atom is 0.317 e. The first-order valence-corrected chi connectivity index (χ1v) is 9.98. The number of rotatable bonds is 8. The van der Waals surface area contributed by atoms with Gasteiger partial charge < -0.3 is 20.3 Å². The van der Waals surface area contributed by atoms with Crippen LogP contribution in [0.5, 0.6) is 0 Å². The molecule has 2 amide bonds. The van der Waals surface area contributed by atoms with Gasteiger partial charge in [0.1, 0.15) is 11.6 Å². The third kappa shape index (κ3) is 6.20. The smallest absolute Gasteiger partial charge is 0.317 e. The molecule has 0 atom stereocenters. The van der Waals surface area contributed by atoms with E-state index < -0.39 is 0 Å². The van der Waals surface area contributed by atoms with Gasteiger partial charge in [-0.1, -0.05) is 0 Å². The van der Waals surface area contributed by atoms with E-state index in [0.717, 1.165) is 43.0 Å². The highest BCUT2D eigenvalue weighted by atomic mass is 19.1. The van der Waals surface area contributed by atoms with E-state index in [1.807, 2.05) is 11.0 Å². The molecule has 0 saturated carbocycles. The number of piperidine rings is 1. The molecule has 2 heterocycles. The predicted octanol–water partition coefficient (Wildman–Crippen LogP) is 2.41. The average molecular weight is 401 g/mol. The quantitative estimate of drug-likeness (QED) is 0.664. The first-order valence-electron chi connectivity index (χ1n) is 9.98. The molecule has 1 aliphatic rings. The molecule has 8 heteroatoms. The summed E-state index contributed by atoms with van der Waals surface area (Å²) in [6.07, 6.45) is 3.40. The molecule has 0 spiro atoms. The third-order valence-corrected chi connectivity index (χ3v) is 5.02. The standard InChI is InChI=1S/C21H28FN5O2/c1-29-15-12-23-10-11-25-21(28)27-13-7-17(8-14-27)20-24-9-6-19(26-20)16-2-4-18(22)5-3-16/h2-6,9,17,23H,7-8,10-15H2,1H3,(H,25,28). The van der Waals surface area contributed by atoms with Crippen LogP contribution in [0.2, 0.25) is 0 Å². The number of urea groups is 1. The average Bonchev–Trinajstić information content (AvgIpc) is 2.77. The molecule has 1 aromatic carbocycles. The van der Waals surface area contributed by atoms with Gasteiger partial charge in [-0.15, -0.1) is 0 Å². The van der Waals surface area contributed by atoms with Crippen LogP contribution in [-0.4, -0.2) is 67.3 Å². The second-order valence-corrected chi connectivity index (χ2v) is 7.04. The van der Waals surface area contributed by atoms with Crippen LogP contribution in [0.25, 0.3) is 11.3 Å². The Kier molecular flexibility index (Phi) is 7.89. The number of carbonyl (C=O) groups is 1. The number of benzene rings is 1. The van der Waals surface area contributed by atoms with Gasteiger partial charge in [0.25, 0.3) is 0 Å². The summed E-state index contributed by atoms with van der Waals surface area (Å²) in [6.45, 7) is 4.09. The van der Waals surface area contributed by atoms with E-state index >= 15 is 0 Å². The van der Waals surface area contributed by atoms with E-state index in [1.165, 1.54) is 12.1 Å². The van der Waals surface area contributed by atoms with E-state index in [0.29, 0.717) is 26.2 Å². The van der Waals surface area contributed by atoms with E-state index in [4.69, 9.17) is 4.74 Å². The molecule has 0 radical (unpaired) electrons. The zero-order valence-corrected chi connectivity index (χ0v) is 16.7. The van der Waals surface area contributed by atoms with Crippen molar-refractivity contribution in [3.63, 3.8) is 0 Å². The van der Waals surface area contributed by atoms with Crippen molar-refractivity contribution in [1.82, 2.24) is 25.5 Å². The Morgan fingerprint density at radius 1 is 1.17 bits per heavy atom. The number of hydrogen-bond acceptors (Lipinski definition) is 5. The molecular formula is C21H28FN5O2. The fourth-order valence-electron chi connectivity index (χ4n) is 3.36. The monoisotopic (exact) mass is 401 g/mol. The maximum atomic E-state index is 13.1. The molecule has 1 fully saturated rings. The van der Waals surface area contributed by atoms with Crippen LogP contribution in [0.15, 0.2) is 36.5 Å². The van der Waals surface area contributed by atoms with E-state index in [2.05, 4.69) is 20.6 Å². The number of ether oxygens (including phenoxy) is 1. The van der Waals surface area contributed by atoms with Gasteiger partial charge in [0, 0.05) is 57.5 Å². The topological polar surface area (TPSA) is 79.4 Å². The number of halogens is 1. The number of methoxy groups -OCH3 is 1. The van der Waals surface area contributed by atoms with Crippen molar-refractivity contribution >= 4 is 6.03 Å². The fraction of sp³-hybridized carbons (Fsp3) is 0.476. The Bertz CT molecular complexity index is 779. The number of likely N-dealkylation sites (tertiary alicyclic amines) is 1. The Hall–Kier alpha value is -2.58. The van der Waals surface area contributed by atoms with Gasteiger partial charge in [-0.2, -0.15) is 0 Å². The molecule has 156 valence electrons. The Labute approximate surface area is 170 Å². The van der Waals surface area contributed by atoms with Crippen LogP contribution in [0.3, 0.4) is 0 Å². The lowest BCUT2D eigenvalue weighted by molar-refractivity contribution is 0.180. The Morgan fingerprint density at radius 2 is 1.93 bits per heavy atom. The largest absolute Gasteiger partial charge is 0.383 e. The molecule has 29 heavy (non-hydrogen) atoms. The van der Waals surface area contributed by atoms with Gasteiger partial charge in [0.05, 0.1) is 12.3 Å². The lowest BCUT2D eigenvalue weighted by atomic mass is 9.96. The number of aromatic nitrogens is 2. The SMILES string of the molecule is COCCNCCNC(=O)N1CCC(c2nccc(-c3ccc(F)cc3)n2)CC1. The van der Waals surface area contributed by atoms with Crippen molar-refractivity contribution < 1.29 is 13.9 Å². The first-order chi connectivity index (χ1) is 14.2. The molecule has 0 aliphatic carbocycles. The van der Waals surface area contributed by atoms with Crippen LogP contribution >= 0.6 is 0 Å². The molecule has 1 aliphatic heterocycles. The van der Waals surface area contributed by atoms with Crippen LogP contribution in [-0.2, 0) is 4.74 Å². The highest BCUT2D eigenvalue weighted by molar-refractivity contribution is 5.74. The summed E-state index contributed by atoms with van der Waals surface area (Å²) in [6, 6.07) is 8.11. The second kappa shape index (κ2) is 10.8. The summed E-state index contributed by atoms with van der Waals surface area (Å²) in [7, 11) is 1.66. The van der Waals surface area contributed by atoms with Crippen molar-refractivity contribution in [1.29, 1.82) is 0 Å². The van der Waals surface area contributed by atoms with Crippen molar-refractivity contribution in [2.75, 3.05) is 46.4 Å². The van der Waals surface area contributed by atoms with Gasteiger partial charge in [-0.3, -0.25) is 0 Å². The van der Waals surface area contributed by atoms with Gasteiger partial charge in [0.15, 0.2) is 0 Å². The lowest BCUT2D eigenvalue weighted by Gasteiger charge is -2.31. The van der Waals surface area contributed by atoms with Crippen LogP contribution < -0.4 is 10.6 Å². The number of carbonyl (C=O) groups excluding carboxylic acids is 1. The minimum Gasteiger partial charge on any atom is -0.383 e. The lowest BCUT2D eigenvalue weighted by Crippen LogP contribution is -2.46. The summed E-state index contributed by atoms with van der Waals surface area (Å²) in [5.41, 5.74) is 1.65. The summed E-state index contributed by atoms with van der Waals surface area (Å²) in [5.74, 6) is 0.740. The van der Waals surface area contributed by atoms with Crippen LogP contribution in [0, 0.1) is 5.82 Å². The Balaban J connectivity index is 1.47. The predicted molar refractivity (Wildman–Crippen MR) is 109 cm³/mol. The van der Waals surface area contributed by atoms with Crippen molar-refractivity contribution in [3.8, 4) is 11.3 Å². The fourth-order valence-corrected chi connectivity index (χ4v) is 3.36. The maximum absolute atomic E-state index is 13.1. The minimum absolute atomic E-state index is 0.0297. The first kappa shape index (κ1) is 21.1. The normalized spacial score (nSPS) is 14.8. The van der Waals surface area contributed by atoms with Gasteiger partial charge in [0.2, 0.25) is 0 Å². The summed E-state index contributed by atoms with van der Waals surface area (Å²) >= 11 is 0. The summed E-state index contributed by atoms with van der Waals surface area (Å²) in [4.78, 5) is 23.3. The number of hydrogen-bond donors (Lipinski definition) is 2. The molecule has 7 nitrogen and oxygen atoms in total. The third-order valence-electron chi connectivity index (χ3n) is 5.02. The van der Waals surface area contributed by atoms with Crippen molar-refractivity contribution in [2.45, 2.75) is 18.8 Å². The van der Waals surface area contributed by atoms with E-state index in [1.54, 1.807) is 25.4 Å². The summed E-state index contributed by atoms with van der Waals surface area (Å²) in [5, 5.41) is 6.14. The van der Waals surface area contributed by atoms with Crippen LogP contribution in [0.1, 0.15) is 24.6 Å². The molecular weight excluding hydrogens is 373 g/mol. The molecule has 0 bridgehead atoms. The molecule has 1 aromatic heterocycles. The van der Waals surface area contributed by atoms with Gasteiger partial charge in [-0.05, 0) is 43.2 Å². The highest BCUT2D eigenvalue weighted by Gasteiger charge is 2.25. The van der Waals surface area contributed by atoms with Crippen molar-refractivity contribution in [3.05, 3.63) is 48.2 Å². The van der Waals surface area contributed by atoms with Gasteiger partial charge in [-0.25, -0.2) is 19.2 Å². The van der Waals surface area contributed by atoms with E-state index in [9.17, 15) is 9.18 Å². The molecule has 0 unspecified atom stereocenters. The van der Waals surface area contributed by atoms with Gasteiger partial charge >= 0.3 is 6.03 Å². The minimum atomic E-state index is -0.264. The zero-order chi connectivity index (χ0) is 20.5. The zero-order valence-electron chi connectivity index (χ0n) is 16.7. The van der Waals surface area contributed by atoms with E-state index in [-0.39, 0.29) is 17.8 Å². The summed E-state index contributed by atoms with van der Waals surface area (Å²) < 4.78 is 18.1.